The SMILES string of the molecule is CC(C)(C)OC(=O)NC1=C(N)CC(c2ccc(F)cc2)C=C1. The Morgan fingerprint density at radius 2 is 1.95 bits per heavy atom. The molecule has 4 nitrogen and oxygen atoms in total. The zero-order valence-corrected chi connectivity index (χ0v) is 13.0. The number of hydrogen-bond acceptors (Lipinski definition) is 3. The Hall–Kier alpha value is -2.30. The van der Waals surface area contributed by atoms with E-state index in [4.69, 9.17) is 10.5 Å². The number of allylic oxidation sites excluding steroid dienone is 3. The van der Waals surface area contributed by atoms with E-state index in [0.29, 0.717) is 17.8 Å². The third-order valence-electron chi connectivity index (χ3n) is 3.21. The van der Waals surface area contributed by atoms with Gasteiger partial charge in [-0.05, 0) is 51.0 Å². The summed E-state index contributed by atoms with van der Waals surface area (Å²) in [7, 11) is 0. The maximum Gasteiger partial charge on any atom is 0.412 e. The molecule has 0 spiro atoms. The maximum atomic E-state index is 13.0. The second kappa shape index (κ2) is 6.22. The highest BCUT2D eigenvalue weighted by Gasteiger charge is 2.20. The molecule has 1 aliphatic carbocycles. The first-order chi connectivity index (χ1) is 10.2. The van der Waals surface area contributed by atoms with Gasteiger partial charge in [-0.1, -0.05) is 18.2 Å². The first-order valence-electron chi connectivity index (χ1n) is 7.17. The molecule has 0 aromatic heterocycles. The Morgan fingerprint density at radius 3 is 2.50 bits per heavy atom. The van der Waals surface area contributed by atoms with Gasteiger partial charge in [0.25, 0.3) is 0 Å². The molecule has 3 N–H and O–H groups in total. The van der Waals surface area contributed by atoms with Gasteiger partial charge in [0.05, 0.1) is 5.70 Å². The van der Waals surface area contributed by atoms with Crippen LogP contribution in [0.5, 0.6) is 0 Å². The number of carbonyl (C=O) groups is 1. The summed E-state index contributed by atoms with van der Waals surface area (Å²) >= 11 is 0. The van der Waals surface area contributed by atoms with E-state index in [-0.39, 0.29) is 11.7 Å². The van der Waals surface area contributed by atoms with E-state index < -0.39 is 11.7 Å². The first kappa shape index (κ1) is 16.1. The third kappa shape index (κ3) is 4.35. The van der Waals surface area contributed by atoms with Crippen LogP contribution >= 0.6 is 0 Å². The van der Waals surface area contributed by atoms with Gasteiger partial charge in [-0.3, -0.25) is 5.32 Å². The standard InChI is InChI=1S/C17H21FN2O2/c1-17(2,3)22-16(21)20-15-9-6-12(10-14(15)19)11-4-7-13(18)8-5-11/h4-9,12H,10,19H2,1-3H3,(H,20,21). The van der Waals surface area contributed by atoms with Gasteiger partial charge in [0.1, 0.15) is 11.4 Å². The molecule has 1 atom stereocenters. The van der Waals surface area contributed by atoms with Gasteiger partial charge in [-0.25, -0.2) is 9.18 Å². The minimum absolute atomic E-state index is 0.0739. The smallest absolute Gasteiger partial charge is 0.412 e. The summed E-state index contributed by atoms with van der Waals surface area (Å²) in [6.07, 6.45) is 3.73. The number of benzene rings is 1. The lowest BCUT2D eigenvalue weighted by Gasteiger charge is -2.23. The van der Waals surface area contributed by atoms with Crippen molar-refractivity contribution >= 4 is 6.09 Å². The fraction of sp³-hybridized carbons (Fsp3) is 0.353. The van der Waals surface area contributed by atoms with Crippen molar-refractivity contribution in [2.45, 2.75) is 38.7 Å². The summed E-state index contributed by atoms with van der Waals surface area (Å²) in [4.78, 5) is 11.8. The van der Waals surface area contributed by atoms with Crippen LogP contribution in [0.25, 0.3) is 0 Å². The van der Waals surface area contributed by atoms with Crippen molar-refractivity contribution in [3.63, 3.8) is 0 Å². The van der Waals surface area contributed by atoms with E-state index >= 15 is 0 Å². The molecular weight excluding hydrogens is 283 g/mol. The summed E-state index contributed by atoms with van der Waals surface area (Å²) in [5.74, 6) is -0.191. The summed E-state index contributed by atoms with van der Waals surface area (Å²) in [6, 6.07) is 6.34. The van der Waals surface area contributed by atoms with E-state index in [1.54, 1.807) is 39.0 Å². The molecule has 0 heterocycles. The molecule has 0 saturated heterocycles. The average molecular weight is 304 g/mol. The summed E-state index contributed by atoms with van der Waals surface area (Å²) in [5, 5.41) is 2.65. The predicted molar refractivity (Wildman–Crippen MR) is 83.5 cm³/mol. The molecule has 1 unspecified atom stereocenters. The van der Waals surface area contributed by atoms with Gasteiger partial charge in [0.2, 0.25) is 0 Å². The maximum absolute atomic E-state index is 13.0. The number of alkyl carbamates (subject to hydrolysis) is 1. The van der Waals surface area contributed by atoms with Crippen molar-refractivity contribution in [3.8, 4) is 0 Å². The molecule has 0 fully saturated rings. The lowest BCUT2D eigenvalue weighted by atomic mass is 9.90. The molecule has 0 aliphatic heterocycles. The molecular formula is C17H21FN2O2. The summed E-state index contributed by atoms with van der Waals surface area (Å²) < 4.78 is 18.2. The highest BCUT2D eigenvalue weighted by atomic mass is 19.1. The van der Waals surface area contributed by atoms with Gasteiger partial charge >= 0.3 is 6.09 Å². The highest BCUT2D eigenvalue weighted by Crippen LogP contribution is 2.28. The zero-order valence-electron chi connectivity index (χ0n) is 13.0. The van der Waals surface area contributed by atoms with Crippen LogP contribution in [0.3, 0.4) is 0 Å². The van der Waals surface area contributed by atoms with Crippen LogP contribution in [-0.4, -0.2) is 11.7 Å². The number of carbonyl (C=O) groups excluding carboxylic acids is 1. The fourth-order valence-corrected chi connectivity index (χ4v) is 2.21. The molecule has 1 aliphatic rings. The highest BCUT2D eigenvalue weighted by molar-refractivity contribution is 5.71. The van der Waals surface area contributed by atoms with E-state index in [1.165, 1.54) is 12.1 Å². The van der Waals surface area contributed by atoms with Crippen molar-refractivity contribution in [2.75, 3.05) is 0 Å². The summed E-state index contributed by atoms with van der Waals surface area (Å²) in [5.41, 5.74) is 7.58. The predicted octanol–water partition coefficient (Wildman–Crippen LogP) is 3.56. The number of hydrogen-bond donors (Lipinski definition) is 2. The van der Waals surface area contributed by atoms with Crippen molar-refractivity contribution in [1.82, 2.24) is 5.32 Å². The second-order valence-electron chi connectivity index (χ2n) is 6.29. The molecule has 1 amide bonds. The first-order valence-corrected chi connectivity index (χ1v) is 7.17. The molecule has 0 bridgehead atoms. The Labute approximate surface area is 129 Å². The van der Waals surface area contributed by atoms with Gasteiger partial charge in [-0.15, -0.1) is 0 Å². The molecule has 22 heavy (non-hydrogen) atoms. The monoisotopic (exact) mass is 304 g/mol. The zero-order chi connectivity index (χ0) is 16.3. The number of rotatable bonds is 2. The largest absolute Gasteiger partial charge is 0.444 e. The van der Waals surface area contributed by atoms with E-state index in [9.17, 15) is 9.18 Å². The average Bonchev–Trinajstić information content (AvgIpc) is 2.40. The number of amides is 1. The molecule has 2 rings (SSSR count). The van der Waals surface area contributed by atoms with Gasteiger partial charge in [0, 0.05) is 11.6 Å². The molecule has 1 aromatic carbocycles. The topological polar surface area (TPSA) is 64.3 Å². The van der Waals surface area contributed by atoms with Crippen molar-refractivity contribution in [1.29, 1.82) is 0 Å². The molecule has 0 saturated carbocycles. The summed E-state index contributed by atoms with van der Waals surface area (Å²) in [6.45, 7) is 5.39. The normalized spacial score (nSPS) is 18.3. The van der Waals surface area contributed by atoms with Gasteiger partial charge < -0.3 is 10.5 Å². The van der Waals surface area contributed by atoms with E-state index in [1.807, 2.05) is 6.08 Å². The van der Waals surface area contributed by atoms with Crippen LogP contribution < -0.4 is 11.1 Å². The third-order valence-corrected chi connectivity index (χ3v) is 3.21. The minimum Gasteiger partial charge on any atom is -0.444 e. The van der Waals surface area contributed by atoms with Crippen LogP contribution in [0.2, 0.25) is 0 Å². The molecule has 0 radical (unpaired) electrons. The van der Waals surface area contributed by atoms with Crippen molar-refractivity contribution in [2.24, 2.45) is 5.73 Å². The van der Waals surface area contributed by atoms with E-state index in [2.05, 4.69) is 5.32 Å². The van der Waals surface area contributed by atoms with Crippen LogP contribution in [0.4, 0.5) is 9.18 Å². The quantitative estimate of drug-likeness (QED) is 0.878. The molecule has 5 heteroatoms. The van der Waals surface area contributed by atoms with Crippen LogP contribution in [0, 0.1) is 5.82 Å². The van der Waals surface area contributed by atoms with Crippen LogP contribution in [0.1, 0.15) is 38.7 Å². The number of halogens is 1. The lowest BCUT2D eigenvalue weighted by molar-refractivity contribution is 0.0547. The van der Waals surface area contributed by atoms with Gasteiger partial charge in [-0.2, -0.15) is 0 Å². The Morgan fingerprint density at radius 1 is 1.32 bits per heavy atom. The van der Waals surface area contributed by atoms with Gasteiger partial charge in [0.15, 0.2) is 0 Å². The number of nitrogens with one attached hydrogen (secondary N) is 1. The molecule has 118 valence electrons. The Bertz CT molecular complexity index is 613. The number of nitrogens with two attached hydrogens (primary N) is 1. The van der Waals surface area contributed by atoms with Crippen LogP contribution in [-0.2, 0) is 4.74 Å². The van der Waals surface area contributed by atoms with E-state index in [0.717, 1.165) is 5.56 Å². The molecule has 1 aromatic rings. The van der Waals surface area contributed by atoms with Crippen molar-refractivity contribution in [3.05, 3.63) is 59.2 Å². The Kier molecular flexibility index (Phi) is 4.54. The fourth-order valence-electron chi connectivity index (χ4n) is 2.21. The lowest BCUT2D eigenvalue weighted by Crippen LogP contribution is -2.33. The number of ether oxygens (including phenoxy) is 1. The minimum atomic E-state index is -0.561. The van der Waals surface area contributed by atoms with Crippen molar-refractivity contribution < 1.29 is 13.9 Å². The van der Waals surface area contributed by atoms with Crippen LogP contribution in [0.15, 0.2) is 47.8 Å². The Balaban J connectivity index is 2.02. The second-order valence-corrected chi connectivity index (χ2v) is 6.29.